The van der Waals surface area contributed by atoms with E-state index in [9.17, 15) is 14.9 Å². The molecule has 0 radical (unpaired) electrons. The largest absolute Gasteiger partial charge is 0.546 e. The number of aromatic carboxylic acids is 1. The summed E-state index contributed by atoms with van der Waals surface area (Å²) in [4.78, 5) is 13.6. The third-order valence-corrected chi connectivity index (χ3v) is 5.60. The predicted molar refractivity (Wildman–Crippen MR) is 111 cm³/mol. The fraction of sp³-hybridized carbons (Fsp3) is 0.571. The van der Waals surface area contributed by atoms with Crippen LogP contribution in [-0.4, -0.2) is 53.7 Å². The van der Waals surface area contributed by atoms with Crippen LogP contribution in [0.2, 0.25) is 0 Å². The number of fused-ring (bicyclic) bond motifs is 1. The van der Waals surface area contributed by atoms with Gasteiger partial charge in [-0.1, -0.05) is 50.8 Å². The minimum atomic E-state index is -1.10. The van der Waals surface area contributed by atoms with Gasteiger partial charge in [0.1, 0.15) is 5.75 Å². The number of carboxylic acids is 1. The van der Waals surface area contributed by atoms with Crippen molar-refractivity contribution in [2.75, 3.05) is 19.6 Å². The van der Waals surface area contributed by atoms with Gasteiger partial charge in [-0.25, -0.2) is 4.79 Å². The zero-order chi connectivity index (χ0) is 19.9. The molecule has 1 aromatic carbocycles. The molecule has 2 fully saturated rings. The van der Waals surface area contributed by atoms with Gasteiger partial charge in [-0.05, 0) is 44.0 Å². The molecule has 152 valence electrons. The Morgan fingerprint density at radius 1 is 1.18 bits per heavy atom. The van der Waals surface area contributed by atoms with Crippen LogP contribution in [0.4, 0.5) is 0 Å². The standard InChI is InChI=1S/C17H23BN2O4.C4H8/c1-12(11-20-8-3-2-4-9-20)19-15-10-13-6-5-7-14(17(21)22)16(13)24-18(15)23;1-2-4-3-1/h5-7,15,19,23H,1-4,8-11H2,(H,21,22);1-4H2. The number of benzene rings is 1. The van der Waals surface area contributed by atoms with Crippen molar-refractivity contribution in [1.29, 1.82) is 0 Å². The van der Waals surface area contributed by atoms with Crippen LogP contribution in [0.5, 0.6) is 5.75 Å². The summed E-state index contributed by atoms with van der Waals surface area (Å²) in [6, 6.07) is 5.01. The molecule has 1 saturated heterocycles. The zero-order valence-corrected chi connectivity index (χ0v) is 16.5. The maximum Gasteiger partial charge on any atom is 0.546 e. The number of carbonyl (C=O) groups is 1. The molecule has 7 heteroatoms. The molecule has 2 heterocycles. The highest BCUT2D eigenvalue weighted by Gasteiger charge is 2.37. The molecule has 6 nitrogen and oxygen atoms in total. The van der Waals surface area contributed by atoms with E-state index in [1.807, 2.05) is 6.07 Å². The van der Waals surface area contributed by atoms with E-state index in [1.54, 1.807) is 6.07 Å². The van der Waals surface area contributed by atoms with Crippen LogP contribution < -0.4 is 9.97 Å². The van der Waals surface area contributed by atoms with Gasteiger partial charge in [-0.15, -0.1) is 0 Å². The van der Waals surface area contributed by atoms with Gasteiger partial charge in [0.15, 0.2) is 0 Å². The van der Waals surface area contributed by atoms with Crippen molar-refractivity contribution in [2.45, 2.75) is 57.3 Å². The Kier molecular flexibility index (Phi) is 7.39. The van der Waals surface area contributed by atoms with Gasteiger partial charge in [0, 0.05) is 12.2 Å². The molecular weight excluding hydrogens is 355 g/mol. The molecule has 1 saturated carbocycles. The van der Waals surface area contributed by atoms with Gasteiger partial charge in [-0.2, -0.15) is 0 Å². The molecule has 0 amide bonds. The van der Waals surface area contributed by atoms with Crippen LogP contribution in [0, 0.1) is 0 Å². The number of nitrogens with zero attached hydrogens (tertiary/aromatic N) is 1. The summed E-state index contributed by atoms with van der Waals surface area (Å²) in [5.74, 6) is -1.13. The summed E-state index contributed by atoms with van der Waals surface area (Å²) in [5, 5.41) is 22.7. The van der Waals surface area contributed by atoms with Crippen molar-refractivity contribution < 1.29 is 19.6 Å². The summed E-state index contributed by atoms with van der Waals surface area (Å²) < 4.78 is 5.49. The number of carboxylic acid groups (broad SMARTS) is 1. The van der Waals surface area contributed by atoms with Crippen molar-refractivity contribution in [3.8, 4) is 5.75 Å². The average Bonchev–Trinajstić information content (AvgIpc) is 2.61. The Morgan fingerprint density at radius 3 is 2.43 bits per heavy atom. The Bertz CT molecular complexity index is 683. The predicted octanol–water partition coefficient (Wildman–Crippen LogP) is 2.86. The van der Waals surface area contributed by atoms with Crippen LogP contribution in [0.3, 0.4) is 0 Å². The average molecular weight is 386 g/mol. The van der Waals surface area contributed by atoms with Crippen molar-refractivity contribution in [3.05, 3.63) is 41.6 Å². The molecule has 3 aliphatic rings. The lowest BCUT2D eigenvalue weighted by Gasteiger charge is -2.32. The number of piperidine rings is 1. The van der Waals surface area contributed by atoms with Gasteiger partial charge in [0.25, 0.3) is 0 Å². The Morgan fingerprint density at radius 2 is 1.82 bits per heavy atom. The second-order valence-electron chi connectivity index (χ2n) is 7.92. The van der Waals surface area contributed by atoms with Crippen LogP contribution in [0.15, 0.2) is 30.5 Å². The molecule has 3 N–H and O–H groups in total. The first-order valence-electron chi connectivity index (χ1n) is 10.4. The van der Waals surface area contributed by atoms with Crippen LogP contribution in [0.25, 0.3) is 0 Å². The molecule has 0 bridgehead atoms. The van der Waals surface area contributed by atoms with Crippen LogP contribution in [0.1, 0.15) is 60.9 Å². The highest BCUT2D eigenvalue weighted by molar-refractivity contribution is 6.46. The van der Waals surface area contributed by atoms with Gasteiger partial charge < -0.3 is 20.1 Å². The highest BCUT2D eigenvalue weighted by Crippen LogP contribution is 2.30. The van der Waals surface area contributed by atoms with Crippen molar-refractivity contribution in [2.24, 2.45) is 0 Å². The van der Waals surface area contributed by atoms with E-state index in [0.29, 0.717) is 6.42 Å². The first-order valence-corrected chi connectivity index (χ1v) is 10.4. The summed E-state index contributed by atoms with van der Waals surface area (Å²) in [5.41, 5.74) is 1.71. The lowest BCUT2D eigenvalue weighted by atomic mass is 9.72. The van der Waals surface area contributed by atoms with E-state index in [2.05, 4.69) is 16.8 Å². The number of rotatable bonds is 5. The van der Waals surface area contributed by atoms with Gasteiger partial charge in [0.2, 0.25) is 0 Å². The Labute approximate surface area is 167 Å². The van der Waals surface area contributed by atoms with E-state index >= 15 is 0 Å². The van der Waals surface area contributed by atoms with Crippen LogP contribution in [-0.2, 0) is 6.42 Å². The van der Waals surface area contributed by atoms with E-state index in [0.717, 1.165) is 30.9 Å². The first kappa shape index (κ1) is 20.7. The fourth-order valence-corrected chi connectivity index (χ4v) is 3.66. The molecule has 1 aromatic rings. The van der Waals surface area contributed by atoms with Gasteiger partial charge in [0.05, 0.1) is 11.5 Å². The van der Waals surface area contributed by atoms with Crippen LogP contribution >= 0.6 is 0 Å². The molecule has 0 aromatic heterocycles. The number of nitrogens with one attached hydrogen (secondary N) is 1. The van der Waals surface area contributed by atoms with E-state index < -0.39 is 13.1 Å². The molecular formula is C21H31BN2O4. The van der Waals surface area contributed by atoms with Crippen molar-refractivity contribution >= 4 is 13.1 Å². The first-order chi connectivity index (χ1) is 13.5. The normalized spacial score (nSPS) is 21.3. The van der Waals surface area contributed by atoms with Gasteiger partial charge >= 0.3 is 13.1 Å². The number of para-hydroxylation sites is 1. The molecule has 1 atom stereocenters. The Balaban J connectivity index is 0.000000500. The maximum atomic E-state index is 11.3. The summed E-state index contributed by atoms with van der Waals surface area (Å²) in [6.45, 7) is 6.98. The Hall–Kier alpha value is -1.99. The topological polar surface area (TPSA) is 82.0 Å². The van der Waals surface area contributed by atoms with Crippen molar-refractivity contribution in [3.63, 3.8) is 0 Å². The molecule has 1 unspecified atom stereocenters. The summed E-state index contributed by atoms with van der Waals surface area (Å²) >= 11 is 0. The van der Waals surface area contributed by atoms with Crippen molar-refractivity contribution in [1.82, 2.24) is 10.2 Å². The smallest absolute Gasteiger partial charge is 0.534 e. The SMILES string of the molecule is C1CCC1.C=C(CN1CCCCC1)NC1Cc2cccc(C(=O)O)c2OB1O. The third-order valence-electron chi connectivity index (χ3n) is 5.60. The number of likely N-dealkylation sites (tertiary alicyclic amines) is 1. The monoisotopic (exact) mass is 386 g/mol. The molecule has 0 spiro atoms. The second kappa shape index (κ2) is 9.98. The lowest BCUT2D eigenvalue weighted by Crippen LogP contribution is -2.52. The molecule has 28 heavy (non-hydrogen) atoms. The quantitative estimate of drug-likeness (QED) is 0.676. The number of hydrogen-bond donors (Lipinski definition) is 3. The molecule has 4 rings (SSSR count). The highest BCUT2D eigenvalue weighted by atomic mass is 16.5. The molecule has 2 aliphatic heterocycles. The van der Waals surface area contributed by atoms with E-state index in [1.165, 1.54) is 51.0 Å². The van der Waals surface area contributed by atoms with Gasteiger partial charge in [-0.3, -0.25) is 4.90 Å². The third kappa shape index (κ3) is 5.52. The second-order valence-corrected chi connectivity index (χ2v) is 7.92. The summed E-state index contributed by atoms with van der Waals surface area (Å²) in [6.07, 6.45) is 10.2. The zero-order valence-electron chi connectivity index (χ0n) is 16.5. The summed E-state index contributed by atoms with van der Waals surface area (Å²) in [7, 11) is -1.10. The number of hydrogen-bond acceptors (Lipinski definition) is 5. The minimum Gasteiger partial charge on any atom is -0.534 e. The van der Waals surface area contributed by atoms with E-state index in [-0.39, 0.29) is 17.3 Å². The maximum absolute atomic E-state index is 11.3. The lowest BCUT2D eigenvalue weighted by molar-refractivity contribution is 0.0694. The van der Waals surface area contributed by atoms with E-state index in [4.69, 9.17) is 4.65 Å². The minimum absolute atomic E-state index is 0.0807. The fourth-order valence-electron chi connectivity index (χ4n) is 3.66. The molecule has 1 aliphatic carbocycles.